The molecule has 1 heterocycles. The highest BCUT2D eigenvalue weighted by Gasteiger charge is 2.28. The van der Waals surface area contributed by atoms with Gasteiger partial charge in [0.05, 0.1) is 0 Å². The molecule has 1 fully saturated rings. The summed E-state index contributed by atoms with van der Waals surface area (Å²) in [7, 11) is 0. The lowest BCUT2D eigenvalue weighted by Gasteiger charge is -2.34. The van der Waals surface area contributed by atoms with E-state index in [1.54, 1.807) is 11.3 Å². The monoisotopic (exact) mass is 358 g/mol. The lowest BCUT2D eigenvalue weighted by molar-refractivity contribution is -0.124. The highest BCUT2D eigenvalue weighted by molar-refractivity contribution is 7.13. The number of thiazole rings is 1. The Morgan fingerprint density at radius 2 is 2.04 bits per heavy atom. The van der Waals surface area contributed by atoms with Gasteiger partial charge in [0.1, 0.15) is 10.8 Å². The van der Waals surface area contributed by atoms with Crippen LogP contribution in [0.4, 0.5) is 0 Å². The summed E-state index contributed by atoms with van der Waals surface area (Å²) in [5.41, 5.74) is 2.10. The van der Waals surface area contributed by atoms with Crippen molar-refractivity contribution in [3.05, 3.63) is 35.3 Å². The molecule has 1 saturated carbocycles. The minimum absolute atomic E-state index is 0.0365. The number of hydrogen-bond donors (Lipinski definition) is 1. The van der Waals surface area contributed by atoms with Crippen LogP contribution in [0.25, 0.3) is 10.6 Å². The van der Waals surface area contributed by atoms with E-state index in [0.29, 0.717) is 17.6 Å². The second-order valence-corrected chi connectivity index (χ2v) is 7.91. The van der Waals surface area contributed by atoms with Crippen LogP contribution in [0.1, 0.15) is 38.8 Å². The molecule has 1 aromatic heterocycles. The molecule has 0 aliphatic heterocycles. The Hall–Kier alpha value is -1.88. The van der Waals surface area contributed by atoms with E-state index in [1.807, 2.05) is 36.6 Å². The van der Waals surface area contributed by atoms with Crippen molar-refractivity contribution in [1.82, 2.24) is 10.3 Å². The molecule has 0 spiro atoms. The standard InChI is InChI=1S/C20H26N2O2S/c1-13-5-4-6-18(15(13)3)22-19(23)11-24-17-9-7-16(8-10-17)20-21-14(2)12-25-20/h7-10,12-13,15,18H,4-6,11H2,1-3H3,(H,22,23)/t13-,15+,18+/m1/s1. The average molecular weight is 359 g/mol. The molecule has 134 valence electrons. The quantitative estimate of drug-likeness (QED) is 0.860. The molecule has 25 heavy (non-hydrogen) atoms. The smallest absolute Gasteiger partial charge is 0.258 e. The first-order chi connectivity index (χ1) is 12.0. The fourth-order valence-electron chi connectivity index (χ4n) is 3.36. The maximum atomic E-state index is 12.2. The first-order valence-electron chi connectivity index (χ1n) is 8.97. The molecule has 1 amide bonds. The van der Waals surface area contributed by atoms with E-state index in [4.69, 9.17) is 4.74 Å². The number of hydrogen-bond acceptors (Lipinski definition) is 4. The van der Waals surface area contributed by atoms with E-state index in [9.17, 15) is 4.79 Å². The zero-order valence-electron chi connectivity index (χ0n) is 15.1. The van der Waals surface area contributed by atoms with Gasteiger partial charge in [0.2, 0.25) is 0 Å². The van der Waals surface area contributed by atoms with Gasteiger partial charge in [-0.3, -0.25) is 4.79 Å². The number of rotatable bonds is 5. The van der Waals surface area contributed by atoms with E-state index in [0.717, 1.165) is 22.7 Å². The number of nitrogens with one attached hydrogen (secondary N) is 1. The molecule has 1 N–H and O–H groups in total. The summed E-state index contributed by atoms with van der Waals surface area (Å²) in [6.45, 7) is 6.55. The molecule has 3 rings (SSSR count). The van der Waals surface area contributed by atoms with Gasteiger partial charge in [0.25, 0.3) is 5.91 Å². The van der Waals surface area contributed by atoms with Crippen molar-refractivity contribution in [2.75, 3.05) is 6.61 Å². The van der Waals surface area contributed by atoms with Crippen molar-refractivity contribution < 1.29 is 9.53 Å². The third kappa shape index (κ3) is 4.60. The molecular formula is C20H26N2O2S. The van der Waals surface area contributed by atoms with Crippen LogP contribution >= 0.6 is 11.3 Å². The number of benzene rings is 1. The third-order valence-corrected chi connectivity index (χ3v) is 6.15. The summed E-state index contributed by atoms with van der Waals surface area (Å²) in [4.78, 5) is 16.7. The van der Waals surface area contributed by atoms with Crippen LogP contribution in [0.15, 0.2) is 29.6 Å². The third-order valence-electron chi connectivity index (χ3n) is 5.14. The van der Waals surface area contributed by atoms with Crippen molar-refractivity contribution in [2.45, 2.75) is 46.1 Å². The van der Waals surface area contributed by atoms with Crippen LogP contribution in [0.3, 0.4) is 0 Å². The van der Waals surface area contributed by atoms with Crippen LogP contribution in [0.2, 0.25) is 0 Å². The van der Waals surface area contributed by atoms with E-state index in [1.165, 1.54) is 12.8 Å². The van der Waals surface area contributed by atoms with Crippen molar-refractivity contribution >= 4 is 17.2 Å². The fraction of sp³-hybridized carbons (Fsp3) is 0.500. The van der Waals surface area contributed by atoms with Crippen molar-refractivity contribution in [3.63, 3.8) is 0 Å². The average Bonchev–Trinajstić information content (AvgIpc) is 3.04. The molecule has 4 nitrogen and oxygen atoms in total. The van der Waals surface area contributed by atoms with Crippen molar-refractivity contribution in [2.24, 2.45) is 11.8 Å². The van der Waals surface area contributed by atoms with Crippen molar-refractivity contribution in [1.29, 1.82) is 0 Å². The molecule has 1 aliphatic rings. The van der Waals surface area contributed by atoms with E-state index in [-0.39, 0.29) is 18.6 Å². The van der Waals surface area contributed by atoms with Crippen LogP contribution in [-0.2, 0) is 4.79 Å². The van der Waals surface area contributed by atoms with E-state index in [2.05, 4.69) is 24.1 Å². The van der Waals surface area contributed by atoms with Gasteiger partial charge in [0, 0.05) is 22.7 Å². The van der Waals surface area contributed by atoms with Crippen LogP contribution in [-0.4, -0.2) is 23.5 Å². The SMILES string of the molecule is Cc1csc(-c2ccc(OCC(=O)N[C@H]3CCC[C@@H](C)[C@@H]3C)cc2)n1. The number of carbonyl (C=O) groups excluding carboxylic acids is 1. The Balaban J connectivity index is 1.50. The lowest BCUT2D eigenvalue weighted by atomic mass is 9.78. The maximum Gasteiger partial charge on any atom is 0.258 e. The summed E-state index contributed by atoms with van der Waals surface area (Å²) >= 11 is 1.63. The Kier molecular flexibility index (Phi) is 5.74. The molecular weight excluding hydrogens is 332 g/mol. The van der Waals surface area contributed by atoms with E-state index < -0.39 is 0 Å². The summed E-state index contributed by atoms with van der Waals surface area (Å²) in [5.74, 6) is 1.86. The van der Waals surface area contributed by atoms with Gasteiger partial charge in [0.15, 0.2) is 6.61 Å². The minimum Gasteiger partial charge on any atom is -0.484 e. The summed E-state index contributed by atoms with van der Waals surface area (Å²) in [6.07, 6.45) is 3.52. The number of nitrogens with zero attached hydrogens (tertiary/aromatic N) is 1. The predicted octanol–water partition coefficient (Wildman–Crippen LogP) is 4.44. The number of aromatic nitrogens is 1. The predicted molar refractivity (Wildman–Crippen MR) is 102 cm³/mol. The molecule has 3 atom stereocenters. The van der Waals surface area contributed by atoms with Crippen LogP contribution in [0, 0.1) is 18.8 Å². The highest BCUT2D eigenvalue weighted by Crippen LogP contribution is 2.29. The molecule has 0 radical (unpaired) electrons. The maximum absolute atomic E-state index is 12.2. The van der Waals surface area contributed by atoms with Crippen LogP contribution < -0.4 is 10.1 Å². The minimum atomic E-state index is -0.0365. The normalized spacial score (nSPS) is 23.2. The molecule has 5 heteroatoms. The van der Waals surface area contributed by atoms with Gasteiger partial charge in [-0.1, -0.05) is 26.7 Å². The first kappa shape index (κ1) is 17.9. The molecule has 1 aliphatic carbocycles. The molecule has 0 saturated heterocycles. The lowest BCUT2D eigenvalue weighted by Crippen LogP contribution is -2.45. The van der Waals surface area contributed by atoms with Gasteiger partial charge >= 0.3 is 0 Å². The summed E-state index contributed by atoms with van der Waals surface area (Å²) in [5, 5.41) is 6.18. The zero-order valence-corrected chi connectivity index (χ0v) is 15.9. The zero-order chi connectivity index (χ0) is 17.8. The van der Waals surface area contributed by atoms with E-state index >= 15 is 0 Å². The second-order valence-electron chi connectivity index (χ2n) is 7.05. The number of carbonyl (C=O) groups is 1. The summed E-state index contributed by atoms with van der Waals surface area (Å²) < 4.78 is 5.64. The second kappa shape index (κ2) is 8.00. The Labute approximate surface area is 153 Å². The van der Waals surface area contributed by atoms with Gasteiger partial charge in [-0.25, -0.2) is 4.98 Å². The molecule has 1 aromatic carbocycles. The first-order valence-corrected chi connectivity index (χ1v) is 9.85. The Morgan fingerprint density at radius 1 is 1.28 bits per heavy atom. The summed E-state index contributed by atoms with van der Waals surface area (Å²) in [6, 6.07) is 8.03. The molecule has 0 bridgehead atoms. The highest BCUT2D eigenvalue weighted by atomic mass is 32.1. The van der Waals surface area contributed by atoms with Gasteiger partial charge in [-0.15, -0.1) is 11.3 Å². The van der Waals surface area contributed by atoms with Crippen molar-refractivity contribution in [3.8, 4) is 16.3 Å². The van der Waals surface area contributed by atoms with Gasteiger partial charge in [-0.05, 0) is 49.4 Å². The fourth-order valence-corrected chi connectivity index (χ4v) is 4.17. The number of aryl methyl sites for hydroxylation is 1. The Morgan fingerprint density at radius 3 is 2.72 bits per heavy atom. The number of ether oxygens (including phenoxy) is 1. The van der Waals surface area contributed by atoms with Gasteiger partial charge < -0.3 is 10.1 Å². The number of amides is 1. The van der Waals surface area contributed by atoms with Gasteiger partial charge in [-0.2, -0.15) is 0 Å². The Bertz CT molecular complexity index is 711. The topological polar surface area (TPSA) is 51.2 Å². The van der Waals surface area contributed by atoms with Crippen LogP contribution in [0.5, 0.6) is 5.75 Å². The molecule has 2 aromatic rings. The largest absolute Gasteiger partial charge is 0.484 e. The molecule has 0 unspecified atom stereocenters.